The highest BCUT2D eigenvalue weighted by atomic mass is 16.4. The summed E-state index contributed by atoms with van der Waals surface area (Å²) in [5.41, 5.74) is 0. The highest BCUT2D eigenvalue weighted by Crippen LogP contribution is 2.18. The van der Waals surface area contributed by atoms with Crippen molar-refractivity contribution in [3.8, 4) is 0 Å². The number of carboxylic acid groups (broad SMARTS) is 1. The average Bonchev–Trinajstić information content (AvgIpc) is 2.42. The van der Waals surface area contributed by atoms with E-state index in [-0.39, 0.29) is 6.42 Å². The van der Waals surface area contributed by atoms with Crippen LogP contribution >= 0.6 is 0 Å². The van der Waals surface area contributed by atoms with Gasteiger partial charge in [0.2, 0.25) is 0 Å². The zero-order valence-electron chi connectivity index (χ0n) is 14.1. The molecule has 0 saturated heterocycles. The Morgan fingerprint density at radius 3 is 1.90 bits per heavy atom. The van der Waals surface area contributed by atoms with Gasteiger partial charge in [0.1, 0.15) is 0 Å². The smallest absolute Gasteiger partial charge is 0.305 e. The van der Waals surface area contributed by atoms with E-state index < -0.39 is 12.1 Å². The monoisotopic (exact) mass is 300 g/mol. The molecule has 21 heavy (non-hydrogen) atoms. The molecule has 3 heteroatoms. The number of aliphatic hydroxyl groups is 1. The molecule has 126 valence electrons. The second-order valence-corrected chi connectivity index (χ2v) is 6.55. The summed E-state index contributed by atoms with van der Waals surface area (Å²) >= 11 is 0. The highest BCUT2D eigenvalue weighted by molar-refractivity contribution is 5.67. The van der Waals surface area contributed by atoms with Gasteiger partial charge in [-0.2, -0.15) is 0 Å². The summed E-state index contributed by atoms with van der Waals surface area (Å²) in [4.78, 5) is 10.4. The van der Waals surface area contributed by atoms with Gasteiger partial charge in [-0.25, -0.2) is 0 Å². The van der Waals surface area contributed by atoms with E-state index >= 15 is 0 Å². The maximum absolute atomic E-state index is 10.4. The lowest BCUT2D eigenvalue weighted by Crippen LogP contribution is -2.14. The molecule has 0 aromatic rings. The normalized spacial score (nSPS) is 14.0. The molecule has 0 saturated carbocycles. The molecule has 2 unspecified atom stereocenters. The molecule has 0 aromatic carbocycles. The third-order valence-electron chi connectivity index (χ3n) is 4.20. The van der Waals surface area contributed by atoms with E-state index in [9.17, 15) is 9.90 Å². The highest BCUT2D eigenvalue weighted by Gasteiger charge is 2.11. The minimum atomic E-state index is -0.908. The zero-order chi connectivity index (χ0) is 15.9. The van der Waals surface area contributed by atoms with E-state index in [1.165, 1.54) is 64.2 Å². The number of unbranched alkanes of at least 4 members (excludes halogenated alkanes) is 8. The fraction of sp³-hybridized carbons (Fsp3) is 0.944. The number of aliphatic hydroxyl groups excluding tert-OH is 1. The van der Waals surface area contributed by atoms with Crippen LogP contribution in [0.4, 0.5) is 0 Å². The van der Waals surface area contributed by atoms with Crippen molar-refractivity contribution in [2.24, 2.45) is 5.92 Å². The molecule has 0 spiro atoms. The Kier molecular flexibility index (Phi) is 14.0. The van der Waals surface area contributed by atoms with Crippen LogP contribution in [0, 0.1) is 5.92 Å². The summed E-state index contributed by atoms with van der Waals surface area (Å²) in [5.74, 6) is -0.313. The van der Waals surface area contributed by atoms with Gasteiger partial charge in [-0.05, 0) is 18.8 Å². The Balaban J connectivity index is 3.30. The lowest BCUT2D eigenvalue weighted by atomic mass is 9.95. The lowest BCUT2D eigenvalue weighted by Gasteiger charge is -2.13. The van der Waals surface area contributed by atoms with Crippen molar-refractivity contribution in [3.05, 3.63) is 0 Å². The first-order valence-electron chi connectivity index (χ1n) is 8.96. The predicted octanol–water partition coefficient (Wildman–Crippen LogP) is 5.16. The molecule has 2 atom stereocenters. The lowest BCUT2D eigenvalue weighted by molar-refractivity contribution is -0.139. The quantitative estimate of drug-likeness (QED) is 0.411. The fourth-order valence-electron chi connectivity index (χ4n) is 2.73. The van der Waals surface area contributed by atoms with Crippen LogP contribution in [0.5, 0.6) is 0 Å². The number of carboxylic acids is 1. The third kappa shape index (κ3) is 15.6. The van der Waals surface area contributed by atoms with Crippen molar-refractivity contribution in [3.63, 3.8) is 0 Å². The number of hydrogen-bond donors (Lipinski definition) is 2. The van der Waals surface area contributed by atoms with Gasteiger partial charge in [-0.1, -0.05) is 78.1 Å². The van der Waals surface area contributed by atoms with Gasteiger partial charge in [-0.15, -0.1) is 0 Å². The molecule has 0 rings (SSSR count). The van der Waals surface area contributed by atoms with Gasteiger partial charge < -0.3 is 10.2 Å². The van der Waals surface area contributed by atoms with E-state index in [4.69, 9.17) is 5.11 Å². The van der Waals surface area contributed by atoms with Crippen LogP contribution in [0.3, 0.4) is 0 Å². The third-order valence-corrected chi connectivity index (χ3v) is 4.20. The number of aliphatic carboxylic acids is 1. The van der Waals surface area contributed by atoms with Crippen molar-refractivity contribution in [2.75, 3.05) is 0 Å². The van der Waals surface area contributed by atoms with Crippen molar-refractivity contribution in [2.45, 2.75) is 103 Å². The van der Waals surface area contributed by atoms with E-state index in [2.05, 4.69) is 13.8 Å². The van der Waals surface area contributed by atoms with Gasteiger partial charge in [-0.3, -0.25) is 4.79 Å². The number of hydrogen-bond acceptors (Lipinski definition) is 2. The Labute approximate surface area is 131 Å². The van der Waals surface area contributed by atoms with Gasteiger partial charge in [0.25, 0.3) is 0 Å². The maximum atomic E-state index is 10.4. The fourth-order valence-corrected chi connectivity index (χ4v) is 2.73. The van der Waals surface area contributed by atoms with Gasteiger partial charge in [0.05, 0.1) is 12.5 Å². The van der Waals surface area contributed by atoms with Crippen LogP contribution in [0.15, 0.2) is 0 Å². The molecule has 0 fully saturated rings. The SMILES string of the molecule is CCCCCCCCCCCC(C)CCC(O)CC(=O)O. The summed E-state index contributed by atoms with van der Waals surface area (Å²) in [6.07, 6.45) is 14.1. The van der Waals surface area contributed by atoms with Gasteiger partial charge >= 0.3 is 5.97 Å². The summed E-state index contributed by atoms with van der Waals surface area (Å²) < 4.78 is 0. The Morgan fingerprint density at radius 2 is 1.38 bits per heavy atom. The first-order chi connectivity index (χ1) is 10.1. The van der Waals surface area contributed by atoms with E-state index in [0.29, 0.717) is 12.3 Å². The summed E-state index contributed by atoms with van der Waals surface area (Å²) in [6.45, 7) is 4.46. The topological polar surface area (TPSA) is 57.5 Å². The molecule has 0 aliphatic heterocycles. The summed E-state index contributed by atoms with van der Waals surface area (Å²) in [6, 6.07) is 0. The standard InChI is InChI=1S/C18H36O3/c1-3-4-5-6-7-8-9-10-11-12-16(2)13-14-17(19)15-18(20)21/h16-17,19H,3-15H2,1-2H3,(H,20,21). The molecule has 0 aromatic heterocycles. The van der Waals surface area contributed by atoms with E-state index in [1.807, 2.05) is 0 Å². The second-order valence-electron chi connectivity index (χ2n) is 6.55. The number of rotatable bonds is 15. The van der Waals surface area contributed by atoms with Crippen molar-refractivity contribution < 1.29 is 15.0 Å². The van der Waals surface area contributed by atoms with Crippen molar-refractivity contribution >= 4 is 5.97 Å². The summed E-state index contributed by atoms with van der Waals surface area (Å²) in [7, 11) is 0. The van der Waals surface area contributed by atoms with Crippen LogP contribution in [-0.2, 0) is 4.79 Å². The van der Waals surface area contributed by atoms with Crippen LogP contribution in [-0.4, -0.2) is 22.3 Å². The second kappa shape index (κ2) is 14.4. The zero-order valence-corrected chi connectivity index (χ0v) is 14.1. The van der Waals surface area contributed by atoms with Crippen LogP contribution < -0.4 is 0 Å². The molecule has 3 nitrogen and oxygen atoms in total. The molecule has 0 heterocycles. The van der Waals surface area contributed by atoms with E-state index in [1.54, 1.807) is 0 Å². The molecule has 0 amide bonds. The molecule has 0 bridgehead atoms. The first kappa shape index (κ1) is 20.4. The minimum absolute atomic E-state index is 0.120. The molecule has 0 aliphatic carbocycles. The average molecular weight is 300 g/mol. The first-order valence-corrected chi connectivity index (χ1v) is 8.96. The molecule has 2 N–H and O–H groups in total. The Hall–Kier alpha value is -0.570. The largest absolute Gasteiger partial charge is 0.481 e. The molecular formula is C18H36O3. The Morgan fingerprint density at radius 1 is 0.857 bits per heavy atom. The number of carbonyl (C=O) groups is 1. The van der Waals surface area contributed by atoms with Crippen molar-refractivity contribution in [1.29, 1.82) is 0 Å². The molecular weight excluding hydrogens is 264 g/mol. The Bertz CT molecular complexity index is 241. The molecule has 0 radical (unpaired) electrons. The van der Waals surface area contributed by atoms with Gasteiger partial charge in [0.15, 0.2) is 0 Å². The summed E-state index contributed by atoms with van der Waals surface area (Å²) in [5, 5.41) is 18.1. The van der Waals surface area contributed by atoms with Gasteiger partial charge in [0, 0.05) is 0 Å². The maximum Gasteiger partial charge on any atom is 0.305 e. The van der Waals surface area contributed by atoms with Crippen molar-refractivity contribution in [1.82, 2.24) is 0 Å². The minimum Gasteiger partial charge on any atom is -0.481 e. The van der Waals surface area contributed by atoms with Crippen LogP contribution in [0.25, 0.3) is 0 Å². The van der Waals surface area contributed by atoms with E-state index in [0.717, 1.165) is 6.42 Å². The molecule has 0 aliphatic rings. The predicted molar refractivity (Wildman–Crippen MR) is 88.5 cm³/mol. The van der Waals surface area contributed by atoms with Crippen LogP contribution in [0.2, 0.25) is 0 Å². The van der Waals surface area contributed by atoms with Crippen LogP contribution in [0.1, 0.15) is 97.3 Å².